The monoisotopic (exact) mass is 577 g/mol. The first kappa shape index (κ1) is 29.6. The number of likely N-dealkylation sites (N-methyl/N-ethyl adjacent to an activating group) is 1. The van der Waals surface area contributed by atoms with Gasteiger partial charge in [-0.15, -0.1) is 0 Å². The van der Waals surface area contributed by atoms with Gasteiger partial charge in [-0.25, -0.2) is 0 Å². The van der Waals surface area contributed by atoms with Crippen molar-refractivity contribution in [1.82, 2.24) is 29.8 Å². The Bertz CT molecular complexity index is 1310. The summed E-state index contributed by atoms with van der Waals surface area (Å²) < 4.78 is 2.22. The normalized spacial score (nSPS) is 16.7. The Morgan fingerprint density at radius 1 is 1.02 bits per heavy atom. The number of rotatable bonds is 10. The van der Waals surface area contributed by atoms with Crippen LogP contribution in [0, 0.1) is 6.92 Å². The second kappa shape index (κ2) is 13.4. The van der Waals surface area contributed by atoms with Crippen LogP contribution in [-0.2, 0) is 24.3 Å². The van der Waals surface area contributed by atoms with Crippen LogP contribution in [0.4, 0.5) is 5.69 Å². The summed E-state index contributed by atoms with van der Waals surface area (Å²) >= 11 is 6.20. The van der Waals surface area contributed by atoms with Gasteiger partial charge in [-0.1, -0.05) is 41.9 Å². The molecular formula is C32H44ClN7O. The highest BCUT2D eigenvalue weighted by Gasteiger charge is 2.29. The number of amides is 1. The van der Waals surface area contributed by atoms with Crippen LogP contribution in [0.1, 0.15) is 23.7 Å². The van der Waals surface area contributed by atoms with Crippen LogP contribution < -0.4 is 10.2 Å². The largest absolute Gasteiger partial charge is 0.369 e. The maximum atomic E-state index is 12.3. The Morgan fingerprint density at radius 3 is 2.44 bits per heavy atom. The summed E-state index contributed by atoms with van der Waals surface area (Å²) in [5.74, 6) is 0.110. The fourth-order valence-corrected chi connectivity index (χ4v) is 6.17. The average molecular weight is 578 g/mol. The number of para-hydroxylation sites is 1. The molecular weight excluding hydrogens is 534 g/mol. The summed E-state index contributed by atoms with van der Waals surface area (Å²) in [4.78, 5) is 21.5. The molecule has 1 aromatic heterocycles. The summed E-state index contributed by atoms with van der Waals surface area (Å²) in [5, 5.41) is 9.74. The molecule has 0 bridgehead atoms. The fourth-order valence-electron chi connectivity index (χ4n) is 6.04. The predicted octanol–water partition coefficient (Wildman–Crippen LogP) is 3.76. The second-order valence-corrected chi connectivity index (χ2v) is 12.1. The zero-order chi connectivity index (χ0) is 28.9. The van der Waals surface area contributed by atoms with Crippen molar-refractivity contribution >= 4 is 23.2 Å². The molecule has 1 amide bonds. The van der Waals surface area contributed by atoms with Crippen LogP contribution in [-0.4, -0.2) is 103 Å². The summed E-state index contributed by atoms with van der Waals surface area (Å²) in [6.45, 7) is 13.0. The zero-order valence-corrected chi connectivity index (χ0v) is 25.7. The highest BCUT2D eigenvalue weighted by molar-refractivity contribution is 6.30. The van der Waals surface area contributed by atoms with Crippen LogP contribution in [0.25, 0.3) is 11.3 Å². The third kappa shape index (κ3) is 7.30. The van der Waals surface area contributed by atoms with E-state index in [0.717, 1.165) is 82.1 Å². The number of carbonyl (C=O) groups excluding carboxylic acids is 1. The van der Waals surface area contributed by atoms with Crippen molar-refractivity contribution in [3.63, 3.8) is 0 Å². The molecule has 3 aromatic rings. The predicted molar refractivity (Wildman–Crippen MR) is 168 cm³/mol. The molecule has 8 nitrogen and oxygen atoms in total. The fraction of sp³-hybridized carbons (Fsp3) is 0.500. The smallest absolute Gasteiger partial charge is 0.219 e. The van der Waals surface area contributed by atoms with Crippen molar-refractivity contribution in [2.45, 2.75) is 39.4 Å². The number of nitrogens with zero attached hydrogens (tertiary/aromatic N) is 6. The number of halogens is 1. The lowest BCUT2D eigenvalue weighted by Gasteiger charge is -2.38. The summed E-state index contributed by atoms with van der Waals surface area (Å²) in [6.07, 6.45) is 0.815. The van der Waals surface area contributed by atoms with E-state index in [2.05, 4.69) is 70.0 Å². The maximum Gasteiger partial charge on any atom is 0.219 e. The van der Waals surface area contributed by atoms with Gasteiger partial charge >= 0.3 is 0 Å². The molecule has 1 saturated heterocycles. The van der Waals surface area contributed by atoms with Crippen LogP contribution in [0.2, 0.25) is 5.02 Å². The minimum absolute atomic E-state index is 0.110. The van der Waals surface area contributed by atoms with E-state index in [1.165, 1.54) is 16.9 Å². The second-order valence-electron chi connectivity index (χ2n) is 11.7. The summed E-state index contributed by atoms with van der Waals surface area (Å²) in [5.41, 5.74) is 7.10. The van der Waals surface area contributed by atoms with Crippen molar-refractivity contribution in [1.29, 1.82) is 0 Å². The number of carbonyl (C=O) groups is 1. The molecule has 1 unspecified atom stereocenters. The topological polar surface area (TPSA) is 59.9 Å². The van der Waals surface area contributed by atoms with E-state index in [1.54, 1.807) is 6.92 Å². The zero-order valence-electron chi connectivity index (χ0n) is 24.9. The van der Waals surface area contributed by atoms with Gasteiger partial charge in [0.05, 0.1) is 12.2 Å². The minimum Gasteiger partial charge on any atom is -0.369 e. The maximum absolute atomic E-state index is 12.3. The van der Waals surface area contributed by atoms with Gasteiger partial charge in [-0.3, -0.25) is 14.4 Å². The molecule has 0 saturated carbocycles. The summed E-state index contributed by atoms with van der Waals surface area (Å²) in [7, 11) is 4.23. The molecule has 0 radical (unpaired) electrons. The number of anilines is 1. The molecule has 1 N–H and O–H groups in total. The van der Waals surface area contributed by atoms with Crippen molar-refractivity contribution < 1.29 is 4.79 Å². The lowest BCUT2D eigenvalue weighted by atomic mass is 10.0. The quantitative estimate of drug-likeness (QED) is 0.396. The molecule has 1 fully saturated rings. The number of aryl methyl sites for hydroxylation is 1. The van der Waals surface area contributed by atoms with Gasteiger partial charge in [0, 0.05) is 106 Å². The highest BCUT2D eigenvalue weighted by atomic mass is 35.5. The lowest BCUT2D eigenvalue weighted by Crippen LogP contribution is -2.52. The molecule has 2 aliphatic rings. The minimum atomic E-state index is 0.110. The molecule has 41 heavy (non-hydrogen) atoms. The number of piperazine rings is 1. The van der Waals surface area contributed by atoms with E-state index < -0.39 is 0 Å². The van der Waals surface area contributed by atoms with Crippen molar-refractivity contribution in [2.24, 2.45) is 0 Å². The highest BCUT2D eigenvalue weighted by Crippen LogP contribution is 2.31. The van der Waals surface area contributed by atoms with E-state index in [1.807, 2.05) is 29.2 Å². The van der Waals surface area contributed by atoms with Gasteiger partial charge in [-0.2, -0.15) is 5.10 Å². The number of fused-ring (bicyclic) bond motifs is 1. The number of hydrogen-bond acceptors (Lipinski definition) is 6. The molecule has 0 spiro atoms. The van der Waals surface area contributed by atoms with Crippen LogP contribution in [0.15, 0.2) is 48.5 Å². The van der Waals surface area contributed by atoms with Crippen LogP contribution in [0.3, 0.4) is 0 Å². The Labute approximate surface area is 249 Å². The molecule has 2 aliphatic heterocycles. The number of nitrogens with one attached hydrogen (secondary N) is 1. The molecule has 2 aromatic carbocycles. The number of benzene rings is 2. The third-order valence-electron chi connectivity index (χ3n) is 8.39. The van der Waals surface area contributed by atoms with E-state index >= 15 is 0 Å². The SMILES string of the molecule is CC(=O)N1CCc2c(c(-c3ccc(Cl)cc3)nn2CC(CN2CCN(c3ccccc3C)CC2)NCCN(C)C)C1. The van der Waals surface area contributed by atoms with Gasteiger partial charge in [-0.05, 0) is 44.8 Å². The van der Waals surface area contributed by atoms with Crippen molar-refractivity contribution in [3.05, 3.63) is 70.4 Å². The van der Waals surface area contributed by atoms with Gasteiger partial charge in [0.2, 0.25) is 5.91 Å². The first-order chi connectivity index (χ1) is 19.8. The van der Waals surface area contributed by atoms with Gasteiger partial charge < -0.3 is 20.0 Å². The Hall–Kier alpha value is -2.91. The lowest BCUT2D eigenvalue weighted by molar-refractivity contribution is -0.129. The van der Waals surface area contributed by atoms with Crippen LogP contribution >= 0.6 is 11.6 Å². The number of aromatic nitrogens is 2. The van der Waals surface area contributed by atoms with E-state index in [4.69, 9.17) is 16.7 Å². The van der Waals surface area contributed by atoms with E-state index in [0.29, 0.717) is 11.6 Å². The standard InChI is InChI=1S/C32H44ClN7O/c1-24-7-5-6-8-30(24)38-19-17-37(18-20-38)21-28(34-14-16-36(3)4)22-40-31-13-15-39(25(2)41)23-29(31)32(35-40)26-9-11-27(33)12-10-26/h5-12,28,34H,13-23H2,1-4H3. The molecule has 9 heteroatoms. The molecule has 3 heterocycles. The first-order valence-electron chi connectivity index (χ1n) is 14.8. The molecule has 5 rings (SSSR count). The van der Waals surface area contributed by atoms with Gasteiger partial charge in [0.15, 0.2) is 0 Å². The Kier molecular flexibility index (Phi) is 9.65. The summed E-state index contributed by atoms with van der Waals surface area (Å²) in [6, 6.07) is 16.8. The molecule has 0 aliphatic carbocycles. The number of hydrogen-bond donors (Lipinski definition) is 1. The molecule has 220 valence electrons. The van der Waals surface area contributed by atoms with Crippen LogP contribution in [0.5, 0.6) is 0 Å². The Balaban J connectivity index is 1.34. The molecule has 1 atom stereocenters. The van der Waals surface area contributed by atoms with Crippen molar-refractivity contribution in [3.8, 4) is 11.3 Å². The van der Waals surface area contributed by atoms with Gasteiger partial charge in [0.1, 0.15) is 0 Å². The average Bonchev–Trinajstić information content (AvgIpc) is 3.31. The van der Waals surface area contributed by atoms with Gasteiger partial charge in [0.25, 0.3) is 0 Å². The first-order valence-corrected chi connectivity index (χ1v) is 15.2. The van der Waals surface area contributed by atoms with E-state index in [9.17, 15) is 4.79 Å². The third-order valence-corrected chi connectivity index (χ3v) is 8.64. The Morgan fingerprint density at radius 2 is 1.76 bits per heavy atom. The van der Waals surface area contributed by atoms with E-state index in [-0.39, 0.29) is 11.9 Å². The van der Waals surface area contributed by atoms with Crippen molar-refractivity contribution in [2.75, 3.05) is 71.4 Å².